The van der Waals surface area contributed by atoms with Crippen molar-refractivity contribution >= 4 is 8.80 Å². The summed E-state index contributed by atoms with van der Waals surface area (Å²) in [5.41, 5.74) is -0.258. The molecule has 0 bridgehead atoms. The number of hydrogen-bond donors (Lipinski definition) is 0. The summed E-state index contributed by atoms with van der Waals surface area (Å²) in [5, 5.41) is 0. The van der Waals surface area contributed by atoms with Crippen LogP contribution in [-0.2, 0) is 22.8 Å². The van der Waals surface area contributed by atoms with Gasteiger partial charge in [0.05, 0.1) is 18.8 Å². The van der Waals surface area contributed by atoms with Gasteiger partial charge in [-0.15, -0.1) is 0 Å². The van der Waals surface area contributed by atoms with E-state index >= 15 is 0 Å². The van der Waals surface area contributed by atoms with Crippen LogP contribution in [0, 0.1) is 0 Å². The van der Waals surface area contributed by atoms with Gasteiger partial charge < -0.3 is 22.8 Å². The molecule has 1 aliphatic rings. The van der Waals surface area contributed by atoms with Gasteiger partial charge in [-0.1, -0.05) is 0 Å². The van der Waals surface area contributed by atoms with Crippen molar-refractivity contribution in [2.45, 2.75) is 44.9 Å². The van der Waals surface area contributed by atoms with Crippen LogP contribution >= 0.6 is 0 Å². The minimum atomic E-state index is -2.47. The summed E-state index contributed by atoms with van der Waals surface area (Å²) in [4.78, 5) is 0. The van der Waals surface area contributed by atoms with Gasteiger partial charge in [-0.3, -0.25) is 0 Å². The molecule has 108 valence electrons. The van der Waals surface area contributed by atoms with Gasteiger partial charge in [0.15, 0.2) is 0 Å². The Morgan fingerprint density at radius 3 is 2.39 bits per heavy atom. The second kappa shape index (κ2) is 6.98. The molecule has 0 aromatic rings. The molecule has 5 nitrogen and oxygen atoms in total. The Bertz CT molecular complexity index is 239. The summed E-state index contributed by atoms with van der Waals surface area (Å²) < 4.78 is 27.2. The fourth-order valence-electron chi connectivity index (χ4n) is 1.70. The smallest absolute Gasteiger partial charge is 0.379 e. The second-order valence-corrected chi connectivity index (χ2v) is 8.01. The molecule has 6 heteroatoms. The lowest BCUT2D eigenvalue weighted by Crippen LogP contribution is -2.47. The van der Waals surface area contributed by atoms with E-state index in [0.29, 0.717) is 12.7 Å². The van der Waals surface area contributed by atoms with E-state index in [9.17, 15) is 0 Å². The van der Waals surface area contributed by atoms with Gasteiger partial charge in [0, 0.05) is 27.4 Å². The zero-order valence-corrected chi connectivity index (χ0v) is 13.2. The first kappa shape index (κ1) is 16.1. The fraction of sp³-hybridized carbons (Fsp3) is 1.00. The molecule has 1 fully saturated rings. The van der Waals surface area contributed by atoms with Crippen LogP contribution in [-0.4, -0.2) is 54.5 Å². The van der Waals surface area contributed by atoms with Gasteiger partial charge >= 0.3 is 8.80 Å². The Balaban J connectivity index is 2.16. The number of epoxide rings is 1. The monoisotopic (exact) mass is 278 g/mol. The molecule has 0 amide bonds. The third-order valence-electron chi connectivity index (χ3n) is 2.98. The van der Waals surface area contributed by atoms with Crippen molar-refractivity contribution in [1.29, 1.82) is 0 Å². The van der Waals surface area contributed by atoms with Crippen LogP contribution in [0.5, 0.6) is 0 Å². The van der Waals surface area contributed by atoms with Crippen molar-refractivity contribution in [2.75, 3.05) is 34.0 Å². The first-order valence-corrected chi connectivity index (χ1v) is 8.63. The highest BCUT2D eigenvalue weighted by molar-refractivity contribution is 6.59. The predicted octanol–water partition coefficient (Wildman–Crippen LogP) is 1.84. The third-order valence-corrected chi connectivity index (χ3v) is 5.38. The molecule has 1 saturated heterocycles. The minimum Gasteiger partial charge on any atom is -0.379 e. The lowest BCUT2D eigenvalue weighted by atomic mass is 10.0. The molecule has 1 unspecified atom stereocenters. The molecule has 0 aliphatic carbocycles. The zero-order chi connectivity index (χ0) is 13.6. The maximum Gasteiger partial charge on any atom is 0.497 e. The topological polar surface area (TPSA) is 49.5 Å². The van der Waals surface area contributed by atoms with Crippen LogP contribution in [0.3, 0.4) is 0 Å². The third kappa shape index (κ3) is 6.26. The largest absolute Gasteiger partial charge is 0.497 e. The van der Waals surface area contributed by atoms with E-state index in [1.165, 1.54) is 0 Å². The van der Waals surface area contributed by atoms with Crippen LogP contribution in [0.15, 0.2) is 0 Å². The van der Waals surface area contributed by atoms with Gasteiger partial charge in [0.25, 0.3) is 0 Å². The van der Waals surface area contributed by atoms with Gasteiger partial charge in [-0.05, 0) is 26.7 Å². The van der Waals surface area contributed by atoms with Crippen molar-refractivity contribution in [3.8, 4) is 0 Å². The van der Waals surface area contributed by atoms with E-state index in [1.54, 1.807) is 14.2 Å². The molecular weight excluding hydrogens is 252 g/mol. The van der Waals surface area contributed by atoms with Gasteiger partial charge in [-0.25, -0.2) is 0 Å². The molecule has 0 aromatic heterocycles. The molecule has 1 atom stereocenters. The van der Waals surface area contributed by atoms with Crippen LogP contribution in [0.25, 0.3) is 0 Å². The van der Waals surface area contributed by atoms with Crippen molar-refractivity contribution in [3.63, 3.8) is 0 Å². The summed E-state index contributed by atoms with van der Waals surface area (Å²) in [6, 6.07) is 0. The molecule has 18 heavy (non-hydrogen) atoms. The molecule has 0 N–H and O–H groups in total. The highest BCUT2D eigenvalue weighted by Gasteiger charge is 2.38. The van der Waals surface area contributed by atoms with Crippen LogP contribution in [0.4, 0.5) is 0 Å². The normalized spacial score (nSPS) is 20.2. The Kier molecular flexibility index (Phi) is 6.23. The van der Waals surface area contributed by atoms with Crippen molar-refractivity contribution in [2.24, 2.45) is 0 Å². The highest BCUT2D eigenvalue weighted by atomic mass is 28.4. The van der Waals surface area contributed by atoms with Gasteiger partial charge in [-0.2, -0.15) is 0 Å². The average molecular weight is 278 g/mol. The second-order valence-electron chi connectivity index (χ2n) is 5.27. The first-order valence-electron chi connectivity index (χ1n) is 6.40. The Hall–Kier alpha value is 0.0169. The standard InChI is InChI=1S/C12H26O5Si/c1-12(2,17-18(5,13-3)14-4)7-6-8-15-9-11-10-16-11/h11H,6-10H2,1-5H3. The molecular formula is C12H26O5Si. The number of ether oxygens (including phenoxy) is 2. The minimum absolute atomic E-state index is 0.258. The summed E-state index contributed by atoms with van der Waals surface area (Å²) >= 11 is 0. The van der Waals surface area contributed by atoms with Crippen LogP contribution < -0.4 is 0 Å². The molecule has 0 saturated carbocycles. The summed E-state index contributed by atoms with van der Waals surface area (Å²) in [5.74, 6) is 0. The molecule has 0 radical (unpaired) electrons. The lowest BCUT2D eigenvalue weighted by molar-refractivity contribution is -0.00190. The van der Waals surface area contributed by atoms with Crippen molar-refractivity contribution in [3.05, 3.63) is 0 Å². The predicted molar refractivity (Wildman–Crippen MR) is 70.6 cm³/mol. The van der Waals surface area contributed by atoms with Crippen LogP contribution in [0.2, 0.25) is 6.55 Å². The quantitative estimate of drug-likeness (QED) is 0.347. The van der Waals surface area contributed by atoms with E-state index in [1.807, 2.05) is 6.55 Å². The summed E-state index contributed by atoms with van der Waals surface area (Å²) in [7, 11) is 0.789. The van der Waals surface area contributed by atoms with E-state index in [-0.39, 0.29) is 5.60 Å². The lowest BCUT2D eigenvalue weighted by Gasteiger charge is -2.33. The van der Waals surface area contributed by atoms with Crippen molar-refractivity contribution < 1.29 is 22.8 Å². The SMILES string of the molecule is CO[Si](C)(OC)OC(C)(C)CCCOCC1CO1. The maximum absolute atomic E-state index is 5.98. The molecule has 1 rings (SSSR count). The van der Waals surface area contributed by atoms with E-state index in [2.05, 4.69) is 13.8 Å². The zero-order valence-electron chi connectivity index (χ0n) is 12.2. The van der Waals surface area contributed by atoms with E-state index in [4.69, 9.17) is 22.8 Å². The van der Waals surface area contributed by atoms with E-state index < -0.39 is 8.80 Å². The average Bonchev–Trinajstić information content (AvgIpc) is 3.12. The first-order chi connectivity index (χ1) is 8.41. The maximum atomic E-state index is 5.98. The van der Waals surface area contributed by atoms with Crippen LogP contribution in [0.1, 0.15) is 26.7 Å². The Labute approximate surface area is 111 Å². The summed E-state index contributed by atoms with van der Waals surface area (Å²) in [6.07, 6.45) is 2.21. The Morgan fingerprint density at radius 1 is 1.28 bits per heavy atom. The van der Waals surface area contributed by atoms with Gasteiger partial charge in [0.1, 0.15) is 6.10 Å². The fourth-order valence-corrected chi connectivity index (χ4v) is 3.14. The highest BCUT2D eigenvalue weighted by Crippen LogP contribution is 2.23. The molecule has 1 heterocycles. The van der Waals surface area contributed by atoms with E-state index in [0.717, 1.165) is 26.1 Å². The Morgan fingerprint density at radius 2 is 1.89 bits per heavy atom. The molecule has 0 aromatic carbocycles. The van der Waals surface area contributed by atoms with Crippen molar-refractivity contribution in [1.82, 2.24) is 0 Å². The number of rotatable bonds is 10. The summed E-state index contributed by atoms with van der Waals surface area (Å²) in [6.45, 7) is 8.31. The molecule has 1 aliphatic heterocycles. The molecule has 0 spiro atoms. The van der Waals surface area contributed by atoms with Gasteiger partial charge in [0.2, 0.25) is 0 Å². The number of hydrogen-bond acceptors (Lipinski definition) is 5.